The molecule has 1 atom stereocenters. The predicted molar refractivity (Wildman–Crippen MR) is 104 cm³/mol. The van der Waals surface area contributed by atoms with E-state index in [-0.39, 0.29) is 0 Å². The van der Waals surface area contributed by atoms with Gasteiger partial charge in [-0.25, -0.2) is 14.0 Å². The number of esters is 2. The van der Waals surface area contributed by atoms with Crippen LogP contribution in [0.2, 0.25) is 0 Å². The number of rotatable bonds is 19. The highest BCUT2D eigenvalue weighted by Gasteiger charge is 2.91. The van der Waals surface area contributed by atoms with Gasteiger partial charge >= 0.3 is 83.8 Å². The molecule has 0 bridgehead atoms. The van der Waals surface area contributed by atoms with Crippen molar-refractivity contribution in [1.29, 1.82) is 0 Å². The van der Waals surface area contributed by atoms with E-state index >= 15 is 0 Å². The fourth-order valence-corrected chi connectivity index (χ4v) is 3.09. The van der Waals surface area contributed by atoms with E-state index in [4.69, 9.17) is 5.26 Å². The van der Waals surface area contributed by atoms with Crippen molar-refractivity contribution in [2.45, 2.75) is 83.5 Å². The molecule has 0 rings (SSSR count). The molecule has 0 aliphatic carbocycles. The van der Waals surface area contributed by atoms with Gasteiger partial charge in [0.25, 0.3) is 0 Å². The number of ether oxygens (including phenoxy) is 2. The lowest BCUT2D eigenvalue weighted by Crippen LogP contribution is -2.70. The Bertz CT molecular complexity index is 1220. The molecule has 1 unspecified atom stereocenters. The molecule has 304 valence electrons. The molecule has 0 aliphatic rings. The minimum atomic E-state index is -8.40. The summed E-state index contributed by atoms with van der Waals surface area (Å²) in [7, 11) is 0. The van der Waals surface area contributed by atoms with Crippen molar-refractivity contribution in [2.75, 3.05) is 13.2 Å². The molecule has 1 N–H and O–H groups in total. The zero-order chi connectivity index (χ0) is 41.5. The first-order chi connectivity index (χ1) is 22.1. The Hall–Kier alpha value is -2.58. The first-order valence-corrected chi connectivity index (χ1v) is 12.0. The summed E-state index contributed by atoms with van der Waals surface area (Å²) in [5.41, 5.74) is 0. The second-order valence-electron chi connectivity index (χ2n) is 9.05. The van der Waals surface area contributed by atoms with Crippen LogP contribution in [0.25, 0.3) is 0 Å². The summed E-state index contributed by atoms with van der Waals surface area (Å²) >= 11 is -1.09. The van der Waals surface area contributed by atoms with Crippen molar-refractivity contribution in [3.63, 3.8) is 0 Å². The van der Waals surface area contributed by atoms with Crippen molar-refractivity contribution in [3.05, 3.63) is 0 Å². The Kier molecular flexibility index (Phi) is 13.9. The van der Waals surface area contributed by atoms with E-state index in [2.05, 4.69) is 18.8 Å². The minimum Gasteiger partial charge on any atom is -0.459 e. The Morgan fingerprint density at radius 2 is 0.882 bits per heavy atom. The van der Waals surface area contributed by atoms with E-state index in [1.807, 2.05) is 0 Å². The standard InChI is InChI=1S/C18H9F25O7S/c19-7(20)10(25,26)13(31,32)14(33,34)11(27,28)9(23,24)3-48-6(45)4(51-50-49-46)1-5(44)47-2-8(21,22)12(29,30)15(35,36)16(37,38)17(39,40)18(41,42)43/h4,7,46H,1-3H2. The van der Waals surface area contributed by atoms with Gasteiger partial charge in [0, 0.05) is 0 Å². The molecule has 0 heterocycles. The van der Waals surface area contributed by atoms with Gasteiger partial charge in [-0.05, 0) is 0 Å². The Balaban J connectivity index is 6.10. The maximum Gasteiger partial charge on any atom is 0.460 e. The topological polar surface area (TPSA) is 91.3 Å². The van der Waals surface area contributed by atoms with Crippen molar-refractivity contribution < 1.29 is 143 Å². The van der Waals surface area contributed by atoms with Crippen LogP contribution in [-0.4, -0.2) is 107 Å². The van der Waals surface area contributed by atoms with Gasteiger partial charge in [-0.1, -0.05) is 5.04 Å². The van der Waals surface area contributed by atoms with Crippen LogP contribution in [0, 0.1) is 0 Å². The lowest BCUT2D eigenvalue weighted by molar-refractivity contribution is -0.441. The molecular weight excluding hydrogens is 835 g/mol. The third-order valence-electron chi connectivity index (χ3n) is 5.55. The van der Waals surface area contributed by atoms with E-state index in [1.165, 1.54) is 0 Å². The molecule has 51 heavy (non-hydrogen) atoms. The Morgan fingerprint density at radius 3 is 1.24 bits per heavy atom. The molecule has 0 aliphatic heterocycles. The molecule has 0 saturated carbocycles. The number of hydrogen-bond donors (Lipinski definition) is 1. The van der Waals surface area contributed by atoms with Crippen LogP contribution >= 0.6 is 12.0 Å². The molecule has 0 saturated heterocycles. The number of hydrogen-bond acceptors (Lipinski definition) is 8. The third kappa shape index (κ3) is 8.32. The van der Waals surface area contributed by atoms with Crippen molar-refractivity contribution in [2.24, 2.45) is 0 Å². The monoisotopic (exact) mass is 844 g/mol. The lowest BCUT2D eigenvalue weighted by Gasteiger charge is -2.39. The molecule has 0 fully saturated rings. The molecule has 7 nitrogen and oxygen atoms in total. The summed E-state index contributed by atoms with van der Waals surface area (Å²) in [5.74, 6) is -84.4. The molecule has 0 radical (unpaired) electrons. The van der Waals surface area contributed by atoms with Gasteiger partial charge in [0.15, 0.2) is 13.2 Å². The summed E-state index contributed by atoms with van der Waals surface area (Å²) in [6.07, 6.45) is -16.1. The highest BCUT2D eigenvalue weighted by atomic mass is 32.2. The van der Waals surface area contributed by atoms with Crippen LogP contribution in [0.4, 0.5) is 110 Å². The van der Waals surface area contributed by atoms with E-state index in [0.29, 0.717) is 0 Å². The van der Waals surface area contributed by atoms with Gasteiger partial charge in [-0.3, -0.25) is 9.59 Å². The smallest absolute Gasteiger partial charge is 0.459 e. The molecule has 0 spiro atoms. The van der Waals surface area contributed by atoms with Gasteiger partial charge in [0.05, 0.1) is 18.5 Å². The van der Waals surface area contributed by atoms with Gasteiger partial charge in [0.2, 0.25) is 0 Å². The summed E-state index contributed by atoms with van der Waals surface area (Å²) < 4.78 is 338. The molecule has 0 aromatic heterocycles. The summed E-state index contributed by atoms with van der Waals surface area (Å²) in [6, 6.07) is 0. The molecule has 0 aromatic carbocycles. The quantitative estimate of drug-likeness (QED) is 0.0460. The number of carbonyl (C=O) groups is 2. The van der Waals surface area contributed by atoms with Crippen molar-refractivity contribution in [3.8, 4) is 0 Å². The van der Waals surface area contributed by atoms with E-state index in [1.54, 1.807) is 0 Å². The number of halogens is 25. The molecular formula is C18H9F25O7S. The highest BCUT2D eigenvalue weighted by Crippen LogP contribution is 2.61. The average Bonchev–Trinajstić information content (AvgIpc) is 2.95. The fraction of sp³-hybridized carbons (Fsp3) is 0.889. The van der Waals surface area contributed by atoms with Crippen LogP contribution < -0.4 is 0 Å². The zero-order valence-corrected chi connectivity index (χ0v) is 23.3. The third-order valence-corrected chi connectivity index (χ3v) is 6.28. The SMILES string of the molecule is O=C(CC(SOOO)C(=O)OCC(F)(F)C(F)(F)C(F)(F)C(F)(F)C(F)(F)C(F)F)OCC(F)(F)C(F)(F)C(F)(F)C(F)(F)C(F)(F)C(F)(F)F. The predicted octanol–water partition coefficient (Wildman–Crippen LogP) is 8.08. The number of alkyl halides is 25. The second kappa shape index (κ2) is 14.7. The summed E-state index contributed by atoms with van der Waals surface area (Å²) in [4.78, 5) is 23.4. The van der Waals surface area contributed by atoms with Crippen LogP contribution in [0.3, 0.4) is 0 Å². The van der Waals surface area contributed by atoms with Crippen LogP contribution in [0.5, 0.6) is 0 Å². The van der Waals surface area contributed by atoms with Crippen LogP contribution in [0.1, 0.15) is 6.42 Å². The highest BCUT2D eigenvalue weighted by molar-refractivity contribution is 7.95. The lowest BCUT2D eigenvalue weighted by atomic mass is 9.94. The summed E-state index contributed by atoms with van der Waals surface area (Å²) in [5, 5.41) is 7.54. The normalized spacial score (nSPS) is 16.0. The van der Waals surface area contributed by atoms with Gasteiger partial charge in [-0.2, -0.15) is 101 Å². The average molecular weight is 844 g/mol. The van der Waals surface area contributed by atoms with Gasteiger partial charge < -0.3 is 9.47 Å². The van der Waals surface area contributed by atoms with Crippen molar-refractivity contribution >= 4 is 24.0 Å². The molecule has 0 aromatic rings. The van der Waals surface area contributed by atoms with E-state index in [0.717, 1.165) is 0 Å². The second-order valence-corrected chi connectivity index (χ2v) is 9.95. The van der Waals surface area contributed by atoms with Crippen LogP contribution in [0.15, 0.2) is 0 Å². The summed E-state index contributed by atoms with van der Waals surface area (Å²) in [6.45, 7) is -7.46. The molecule has 0 amide bonds. The van der Waals surface area contributed by atoms with Crippen molar-refractivity contribution in [1.82, 2.24) is 0 Å². The Morgan fingerprint density at radius 1 is 0.529 bits per heavy atom. The van der Waals surface area contributed by atoms with Gasteiger partial charge in [-0.15, -0.1) is 4.33 Å². The number of carbonyl (C=O) groups excluding carboxylic acids is 2. The maximum absolute atomic E-state index is 13.8. The van der Waals surface area contributed by atoms with Crippen LogP contribution in [-0.2, 0) is 28.4 Å². The maximum atomic E-state index is 13.8. The Labute approximate surface area is 265 Å². The van der Waals surface area contributed by atoms with E-state index in [9.17, 15) is 119 Å². The first-order valence-electron chi connectivity index (χ1n) is 11.2. The van der Waals surface area contributed by atoms with Gasteiger partial charge in [0.1, 0.15) is 5.25 Å². The largest absolute Gasteiger partial charge is 0.460 e. The zero-order valence-electron chi connectivity index (χ0n) is 22.5. The fourth-order valence-electron chi connectivity index (χ4n) is 2.61. The van der Waals surface area contributed by atoms with E-state index < -0.39 is 121 Å². The first kappa shape index (κ1) is 48.4. The minimum absolute atomic E-state index is 1.09. The molecule has 33 heteroatoms.